The Bertz CT molecular complexity index is 981. The largest absolute Gasteiger partial charge is 0.497 e. The fourth-order valence-electron chi connectivity index (χ4n) is 4.67. The van der Waals surface area contributed by atoms with E-state index in [-0.39, 0.29) is 36.6 Å². The molecule has 8 heteroatoms. The molecule has 1 aliphatic heterocycles. The molecule has 0 radical (unpaired) electrons. The van der Waals surface area contributed by atoms with Crippen LogP contribution in [0.1, 0.15) is 54.8 Å². The average molecular weight is 442 g/mol. The molecule has 4 rings (SSSR count). The van der Waals surface area contributed by atoms with Crippen LogP contribution in [-0.4, -0.2) is 40.8 Å². The summed E-state index contributed by atoms with van der Waals surface area (Å²) in [4.78, 5) is 45.4. The minimum atomic E-state index is -1.19. The van der Waals surface area contributed by atoms with Gasteiger partial charge in [-0.15, -0.1) is 11.3 Å². The lowest BCUT2D eigenvalue weighted by Crippen LogP contribution is -2.45. The number of carbonyl (C=O) groups excluding carboxylic acids is 3. The van der Waals surface area contributed by atoms with E-state index in [1.807, 2.05) is 12.3 Å². The van der Waals surface area contributed by atoms with Crippen LogP contribution >= 0.6 is 11.3 Å². The molecule has 2 fully saturated rings. The van der Waals surface area contributed by atoms with Crippen molar-refractivity contribution in [2.75, 3.05) is 7.11 Å². The maximum Gasteiger partial charge on any atom is 0.241 e. The third-order valence-corrected chi connectivity index (χ3v) is 7.21. The number of thiazole rings is 1. The summed E-state index contributed by atoms with van der Waals surface area (Å²) in [5, 5.41) is 5.62. The summed E-state index contributed by atoms with van der Waals surface area (Å²) in [7, 11) is 1.57. The van der Waals surface area contributed by atoms with Crippen LogP contribution < -0.4 is 10.1 Å². The minimum Gasteiger partial charge on any atom is -0.497 e. The zero-order chi connectivity index (χ0) is 22.0. The van der Waals surface area contributed by atoms with E-state index in [4.69, 9.17) is 4.74 Å². The Hall–Kier alpha value is -2.74. The van der Waals surface area contributed by atoms with Gasteiger partial charge in [-0.05, 0) is 37.5 Å². The number of imide groups is 1. The molecular formula is C23H27N3O4S. The summed E-state index contributed by atoms with van der Waals surface area (Å²) in [5.41, 5.74) is 0.398. The standard InChI is InChI=1S/C23H27N3O4S/c1-15-14-31-20(25-15)13-24-19(27)11-23(16-7-9-18(30-2)10-8-16)12-21(28)26(22(23)29)17-5-3-4-6-17/h7-10,14,17H,3-6,11-13H2,1-2H3,(H,24,27). The highest BCUT2D eigenvalue weighted by atomic mass is 32.1. The predicted octanol–water partition coefficient (Wildman–Crippen LogP) is 3.11. The molecule has 1 aromatic carbocycles. The molecule has 31 heavy (non-hydrogen) atoms. The number of carbonyl (C=O) groups is 3. The lowest BCUT2D eigenvalue weighted by molar-refractivity contribution is -0.143. The van der Waals surface area contributed by atoms with Crippen LogP contribution in [0.5, 0.6) is 5.75 Å². The summed E-state index contributed by atoms with van der Waals surface area (Å²) in [6.45, 7) is 2.21. The van der Waals surface area contributed by atoms with E-state index in [0.717, 1.165) is 36.4 Å². The smallest absolute Gasteiger partial charge is 0.241 e. The van der Waals surface area contributed by atoms with Crippen LogP contribution in [0.4, 0.5) is 0 Å². The Morgan fingerprint density at radius 2 is 1.97 bits per heavy atom. The van der Waals surface area contributed by atoms with E-state index < -0.39 is 5.41 Å². The van der Waals surface area contributed by atoms with Gasteiger partial charge in [0.05, 0.1) is 19.1 Å². The number of benzene rings is 1. The van der Waals surface area contributed by atoms with Crippen LogP contribution in [0.15, 0.2) is 29.6 Å². The first-order valence-corrected chi connectivity index (χ1v) is 11.5. The summed E-state index contributed by atoms with van der Waals surface area (Å²) in [5.74, 6) is -0.0455. The van der Waals surface area contributed by atoms with Gasteiger partial charge in [-0.3, -0.25) is 19.3 Å². The number of nitrogens with zero attached hydrogens (tertiary/aromatic N) is 2. The number of aryl methyl sites for hydroxylation is 1. The number of hydrogen-bond donors (Lipinski definition) is 1. The quantitative estimate of drug-likeness (QED) is 0.667. The molecule has 1 unspecified atom stereocenters. The molecule has 1 aromatic heterocycles. The molecule has 1 saturated heterocycles. The van der Waals surface area contributed by atoms with Gasteiger partial charge in [0.15, 0.2) is 0 Å². The molecule has 164 valence electrons. The molecule has 0 bridgehead atoms. The van der Waals surface area contributed by atoms with Gasteiger partial charge in [0.25, 0.3) is 0 Å². The average Bonchev–Trinajstić information content (AvgIpc) is 3.48. The fourth-order valence-corrected chi connectivity index (χ4v) is 5.38. The van der Waals surface area contributed by atoms with E-state index in [2.05, 4.69) is 10.3 Å². The van der Waals surface area contributed by atoms with Gasteiger partial charge in [0.1, 0.15) is 10.8 Å². The van der Waals surface area contributed by atoms with Crippen molar-refractivity contribution >= 4 is 29.1 Å². The first-order valence-electron chi connectivity index (χ1n) is 10.6. The van der Waals surface area contributed by atoms with Crippen LogP contribution in [-0.2, 0) is 26.3 Å². The number of nitrogens with one attached hydrogen (secondary N) is 1. The summed E-state index contributed by atoms with van der Waals surface area (Å²) >= 11 is 1.48. The Labute approximate surface area is 185 Å². The zero-order valence-corrected chi connectivity index (χ0v) is 18.7. The second kappa shape index (κ2) is 8.78. The highest BCUT2D eigenvalue weighted by Gasteiger charge is 2.55. The van der Waals surface area contributed by atoms with Gasteiger partial charge in [-0.25, -0.2) is 4.98 Å². The monoisotopic (exact) mass is 441 g/mol. The molecule has 1 atom stereocenters. The number of hydrogen-bond acceptors (Lipinski definition) is 6. The van der Waals surface area contributed by atoms with Crippen molar-refractivity contribution in [3.63, 3.8) is 0 Å². The zero-order valence-electron chi connectivity index (χ0n) is 17.8. The van der Waals surface area contributed by atoms with Crippen LogP contribution in [0.2, 0.25) is 0 Å². The van der Waals surface area contributed by atoms with E-state index >= 15 is 0 Å². The SMILES string of the molecule is COc1ccc(C2(CC(=O)NCc3nc(C)cs3)CC(=O)N(C3CCCC3)C2=O)cc1. The van der Waals surface area contributed by atoms with E-state index in [1.165, 1.54) is 16.2 Å². The van der Waals surface area contributed by atoms with Crippen molar-refractivity contribution < 1.29 is 19.1 Å². The van der Waals surface area contributed by atoms with Gasteiger partial charge in [-0.2, -0.15) is 0 Å². The van der Waals surface area contributed by atoms with Gasteiger partial charge in [0, 0.05) is 30.0 Å². The van der Waals surface area contributed by atoms with Gasteiger partial charge in [-0.1, -0.05) is 25.0 Å². The van der Waals surface area contributed by atoms with Crippen LogP contribution in [0, 0.1) is 6.92 Å². The Kier molecular flexibility index (Phi) is 6.09. The van der Waals surface area contributed by atoms with E-state index in [0.29, 0.717) is 17.9 Å². The molecule has 2 aromatic rings. The maximum absolute atomic E-state index is 13.7. The normalized spacial score (nSPS) is 21.7. The lowest BCUT2D eigenvalue weighted by atomic mass is 9.75. The molecule has 7 nitrogen and oxygen atoms in total. The molecule has 2 aliphatic rings. The fraction of sp³-hybridized carbons (Fsp3) is 0.478. The molecule has 3 amide bonds. The first kappa shape index (κ1) is 21.5. The molecule has 0 spiro atoms. The molecule has 2 heterocycles. The Morgan fingerprint density at radius 1 is 1.26 bits per heavy atom. The summed E-state index contributed by atoms with van der Waals surface area (Å²) < 4.78 is 5.24. The molecular weight excluding hydrogens is 414 g/mol. The topological polar surface area (TPSA) is 88.6 Å². The number of aromatic nitrogens is 1. The molecule has 1 N–H and O–H groups in total. The summed E-state index contributed by atoms with van der Waals surface area (Å²) in [6.07, 6.45) is 3.66. The highest BCUT2D eigenvalue weighted by molar-refractivity contribution is 7.09. The molecule has 1 aliphatic carbocycles. The van der Waals surface area contributed by atoms with Crippen LogP contribution in [0.3, 0.4) is 0 Å². The van der Waals surface area contributed by atoms with Crippen molar-refractivity contribution in [1.29, 1.82) is 0 Å². The van der Waals surface area contributed by atoms with Gasteiger partial charge in [0.2, 0.25) is 17.7 Å². The van der Waals surface area contributed by atoms with Gasteiger partial charge >= 0.3 is 0 Å². The first-order chi connectivity index (χ1) is 14.9. The number of rotatable bonds is 7. The third kappa shape index (κ3) is 4.21. The number of methoxy groups -OCH3 is 1. The number of ether oxygens (including phenoxy) is 1. The Balaban J connectivity index is 1.60. The third-order valence-electron chi connectivity index (χ3n) is 6.25. The lowest BCUT2D eigenvalue weighted by Gasteiger charge is -2.29. The molecule has 1 saturated carbocycles. The minimum absolute atomic E-state index is 0.0123. The Morgan fingerprint density at radius 3 is 2.58 bits per heavy atom. The number of amides is 3. The second-order valence-electron chi connectivity index (χ2n) is 8.33. The second-order valence-corrected chi connectivity index (χ2v) is 9.27. The van der Waals surface area contributed by atoms with Crippen molar-refractivity contribution in [1.82, 2.24) is 15.2 Å². The van der Waals surface area contributed by atoms with Crippen molar-refractivity contribution in [2.45, 2.75) is 63.5 Å². The highest BCUT2D eigenvalue weighted by Crippen LogP contribution is 2.43. The van der Waals surface area contributed by atoms with E-state index in [9.17, 15) is 14.4 Å². The van der Waals surface area contributed by atoms with Crippen molar-refractivity contribution in [2.24, 2.45) is 0 Å². The van der Waals surface area contributed by atoms with E-state index in [1.54, 1.807) is 31.4 Å². The van der Waals surface area contributed by atoms with Crippen molar-refractivity contribution in [3.05, 3.63) is 45.9 Å². The number of likely N-dealkylation sites (tertiary alicyclic amines) is 1. The van der Waals surface area contributed by atoms with Crippen LogP contribution in [0.25, 0.3) is 0 Å². The van der Waals surface area contributed by atoms with Crippen molar-refractivity contribution in [3.8, 4) is 5.75 Å². The van der Waals surface area contributed by atoms with Gasteiger partial charge < -0.3 is 10.1 Å². The summed E-state index contributed by atoms with van der Waals surface area (Å²) in [6, 6.07) is 7.06. The predicted molar refractivity (Wildman–Crippen MR) is 117 cm³/mol. The maximum atomic E-state index is 13.7.